The van der Waals surface area contributed by atoms with Gasteiger partial charge in [0, 0.05) is 34.4 Å². The van der Waals surface area contributed by atoms with Gasteiger partial charge in [-0.25, -0.2) is 0 Å². The number of anilines is 1. The monoisotopic (exact) mass is 527 g/mol. The predicted molar refractivity (Wildman–Crippen MR) is 145 cm³/mol. The van der Waals surface area contributed by atoms with Crippen LogP contribution in [0, 0.1) is 11.3 Å². The third-order valence-electron chi connectivity index (χ3n) is 6.31. The molecule has 5 rings (SSSR count). The number of phenolic OH excluding ortho intramolecular Hbond substituents is 1. The van der Waals surface area contributed by atoms with Crippen LogP contribution in [0.5, 0.6) is 5.75 Å². The molecular weight excluding hydrogens is 506 g/mol. The number of halogens is 1. The number of aromatic nitrogens is 1. The Labute approximate surface area is 223 Å². The number of benzene rings is 3. The van der Waals surface area contributed by atoms with Crippen LogP contribution in [-0.2, 0) is 4.79 Å². The normalized spacial score (nSPS) is 17.6. The van der Waals surface area contributed by atoms with Gasteiger partial charge >= 0.3 is 0 Å². The molecule has 0 unspecified atom stereocenters. The van der Waals surface area contributed by atoms with E-state index in [1.165, 1.54) is 18.0 Å². The second kappa shape index (κ2) is 10.7. The van der Waals surface area contributed by atoms with Crippen LogP contribution in [0.15, 0.2) is 91.3 Å². The molecule has 0 bridgehead atoms. The Hall–Kier alpha value is -3.83. The van der Waals surface area contributed by atoms with E-state index in [0.717, 1.165) is 27.9 Å². The third-order valence-corrected chi connectivity index (χ3v) is 7.89. The van der Waals surface area contributed by atoms with E-state index in [0.29, 0.717) is 16.3 Å². The molecule has 6 nitrogen and oxygen atoms in total. The van der Waals surface area contributed by atoms with Crippen LogP contribution < -0.4 is 4.90 Å². The number of aliphatic hydroxyl groups excluding tert-OH is 1. The zero-order chi connectivity index (χ0) is 25.9. The highest BCUT2D eigenvalue weighted by molar-refractivity contribution is 8.00. The molecule has 1 aromatic heterocycles. The minimum absolute atomic E-state index is 0.0488. The van der Waals surface area contributed by atoms with Gasteiger partial charge < -0.3 is 15.1 Å². The Kier molecular flexibility index (Phi) is 7.15. The second-order valence-corrected chi connectivity index (χ2v) is 10.3. The van der Waals surface area contributed by atoms with Gasteiger partial charge in [-0.2, -0.15) is 5.26 Å². The molecule has 0 radical (unpaired) electrons. The first-order chi connectivity index (χ1) is 17.9. The maximum absolute atomic E-state index is 13.4. The molecule has 2 heterocycles. The standard InChI is InChI=1S/C29H22ClN3O3S/c30-23-7-1-20(2-8-23)26(35)17-37-28-27(21-5-11-25(34)12-6-21)33(29(28)36)24-9-3-19(4-10-24)22-13-18(14-31)15-32-16-22/h1-13,15-16,26-28,34-35H,17H2/t26-,27-,28-/m1/s1. The summed E-state index contributed by atoms with van der Waals surface area (Å²) in [6, 6.07) is 25.0. The molecular formula is C29H22ClN3O3S. The summed E-state index contributed by atoms with van der Waals surface area (Å²) in [7, 11) is 0. The minimum Gasteiger partial charge on any atom is -0.508 e. The number of thioether (sulfide) groups is 1. The van der Waals surface area contributed by atoms with Crippen molar-refractivity contribution in [1.82, 2.24) is 4.98 Å². The number of nitrogens with zero attached hydrogens (tertiary/aromatic N) is 3. The van der Waals surface area contributed by atoms with Gasteiger partial charge in [-0.05, 0) is 59.2 Å². The number of carbonyl (C=O) groups is 1. The highest BCUT2D eigenvalue weighted by Crippen LogP contribution is 2.46. The summed E-state index contributed by atoms with van der Waals surface area (Å²) >= 11 is 7.37. The van der Waals surface area contributed by atoms with E-state index >= 15 is 0 Å². The van der Waals surface area contributed by atoms with E-state index in [9.17, 15) is 15.0 Å². The lowest BCUT2D eigenvalue weighted by atomic mass is 9.92. The SMILES string of the molecule is N#Cc1cncc(-c2ccc(N3C(=O)[C@H](SC[C@@H](O)c4ccc(Cl)cc4)[C@H]3c3ccc(O)cc3)cc2)c1. The number of rotatable bonds is 7. The maximum atomic E-state index is 13.4. The topological polar surface area (TPSA) is 97.5 Å². The Morgan fingerprint density at radius 1 is 1.00 bits per heavy atom. The van der Waals surface area contributed by atoms with Crippen molar-refractivity contribution in [2.75, 3.05) is 10.7 Å². The summed E-state index contributed by atoms with van der Waals surface area (Å²) in [4.78, 5) is 19.2. The van der Waals surface area contributed by atoms with Crippen LogP contribution in [-0.4, -0.2) is 32.1 Å². The number of aliphatic hydroxyl groups is 1. The van der Waals surface area contributed by atoms with E-state index in [1.807, 2.05) is 36.4 Å². The van der Waals surface area contributed by atoms with E-state index < -0.39 is 6.10 Å². The Morgan fingerprint density at radius 3 is 2.38 bits per heavy atom. The number of hydrogen-bond donors (Lipinski definition) is 2. The molecule has 37 heavy (non-hydrogen) atoms. The predicted octanol–water partition coefficient (Wildman–Crippen LogP) is 5.90. The number of hydrogen-bond acceptors (Lipinski definition) is 6. The number of carbonyl (C=O) groups excluding carboxylic acids is 1. The lowest BCUT2D eigenvalue weighted by Gasteiger charge is -2.47. The van der Waals surface area contributed by atoms with Gasteiger partial charge in [0.05, 0.1) is 17.7 Å². The van der Waals surface area contributed by atoms with Gasteiger partial charge in [0.15, 0.2) is 0 Å². The van der Waals surface area contributed by atoms with E-state index in [4.69, 9.17) is 16.9 Å². The van der Waals surface area contributed by atoms with Crippen LogP contribution in [0.1, 0.15) is 28.8 Å². The number of pyridine rings is 1. The molecule has 8 heteroatoms. The lowest BCUT2D eigenvalue weighted by molar-refractivity contribution is -0.123. The third kappa shape index (κ3) is 5.18. The summed E-state index contributed by atoms with van der Waals surface area (Å²) in [5, 5.41) is 29.8. The van der Waals surface area contributed by atoms with Crippen molar-refractivity contribution in [3.63, 3.8) is 0 Å². The Morgan fingerprint density at radius 2 is 1.70 bits per heavy atom. The van der Waals surface area contributed by atoms with Crippen LogP contribution >= 0.6 is 23.4 Å². The molecule has 0 spiro atoms. The largest absolute Gasteiger partial charge is 0.508 e. The lowest BCUT2D eigenvalue weighted by Crippen LogP contribution is -2.57. The van der Waals surface area contributed by atoms with Crippen LogP contribution in [0.25, 0.3) is 11.1 Å². The molecule has 1 saturated heterocycles. The van der Waals surface area contributed by atoms with Gasteiger partial charge in [-0.3, -0.25) is 9.78 Å². The fraction of sp³-hybridized carbons (Fsp3) is 0.138. The number of β-lactam (4-membered cyclic amide) rings is 1. The maximum Gasteiger partial charge on any atom is 0.243 e. The van der Waals surface area contributed by atoms with E-state index in [-0.39, 0.29) is 22.9 Å². The molecule has 0 aliphatic carbocycles. The highest BCUT2D eigenvalue weighted by atomic mass is 35.5. The molecule has 1 amide bonds. The quantitative estimate of drug-likeness (QED) is 0.290. The zero-order valence-corrected chi connectivity index (χ0v) is 21.1. The smallest absolute Gasteiger partial charge is 0.243 e. The molecule has 184 valence electrons. The van der Waals surface area contributed by atoms with Crippen molar-refractivity contribution < 1.29 is 15.0 Å². The molecule has 4 aromatic rings. The van der Waals surface area contributed by atoms with Crippen LogP contribution in [0.2, 0.25) is 5.02 Å². The van der Waals surface area contributed by atoms with Crippen molar-refractivity contribution in [3.05, 3.63) is 113 Å². The fourth-order valence-corrected chi connectivity index (χ4v) is 5.78. The molecule has 0 saturated carbocycles. The van der Waals surface area contributed by atoms with Gasteiger partial charge in [0.25, 0.3) is 0 Å². The minimum atomic E-state index is -0.735. The molecule has 1 aliphatic heterocycles. The summed E-state index contributed by atoms with van der Waals surface area (Å²) in [6.07, 6.45) is 2.48. The molecule has 1 aliphatic rings. The fourth-order valence-electron chi connectivity index (χ4n) is 4.36. The summed E-state index contributed by atoms with van der Waals surface area (Å²) < 4.78 is 0. The number of aromatic hydroxyl groups is 1. The van der Waals surface area contributed by atoms with Crippen molar-refractivity contribution >= 4 is 35.0 Å². The molecule has 2 N–H and O–H groups in total. The van der Waals surface area contributed by atoms with Crippen LogP contribution in [0.3, 0.4) is 0 Å². The van der Waals surface area contributed by atoms with Gasteiger partial charge in [-0.15, -0.1) is 11.8 Å². The van der Waals surface area contributed by atoms with Gasteiger partial charge in [-0.1, -0.05) is 48.0 Å². The number of phenols is 1. The van der Waals surface area contributed by atoms with Crippen molar-refractivity contribution in [2.24, 2.45) is 0 Å². The van der Waals surface area contributed by atoms with Gasteiger partial charge in [0.2, 0.25) is 5.91 Å². The number of nitriles is 1. The first-order valence-electron chi connectivity index (χ1n) is 11.6. The number of amides is 1. The Balaban J connectivity index is 1.38. The van der Waals surface area contributed by atoms with Gasteiger partial charge in [0.1, 0.15) is 17.1 Å². The first-order valence-corrected chi connectivity index (χ1v) is 13.0. The summed E-state index contributed by atoms with van der Waals surface area (Å²) in [5.41, 5.74) is 4.57. The zero-order valence-electron chi connectivity index (χ0n) is 19.5. The van der Waals surface area contributed by atoms with E-state index in [2.05, 4.69) is 11.1 Å². The highest BCUT2D eigenvalue weighted by Gasteiger charge is 2.49. The van der Waals surface area contributed by atoms with Crippen molar-refractivity contribution in [1.29, 1.82) is 5.26 Å². The first kappa shape index (κ1) is 24.8. The Bertz CT molecular complexity index is 1450. The second-order valence-electron chi connectivity index (χ2n) is 8.69. The van der Waals surface area contributed by atoms with Crippen molar-refractivity contribution in [3.8, 4) is 22.9 Å². The van der Waals surface area contributed by atoms with Crippen LogP contribution in [0.4, 0.5) is 5.69 Å². The molecule has 1 fully saturated rings. The molecule has 3 atom stereocenters. The average molecular weight is 528 g/mol. The van der Waals surface area contributed by atoms with E-state index in [1.54, 1.807) is 53.6 Å². The molecule has 3 aromatic carbocycles. The summed E-state index contributed by atoms with van der Waals surface area (Å²) in [5.74, 6) is 0.454. The summed E-state index contributed by atoms with van der Waals surface area (Å²) in [6.45, 7) is 0. The average Bonchev–Trinajstić information content (AvgIpc) is 2.93. The van der Waals surface area contributed by atoms with Crippen molar-refractivity contribution in [2.45, 2.75) is 17.4 Å².